The van der Waals surface area contributed by atoms with Crippen LogP contribution in [0.5, 0.6) is 0 Å². The van der Waals surface area contributed by atoms with E-state index in [2.05, 4.69) is 14.1 Å². The maximum Gasteiger partial charge on any atom is 0.310 e. The molecule has 0 atom stereocenters. The number of nitrogens with zero attached hydrogens (tertiary/aromatic N) is 2. The lowest BCUT2D eigenvalue weighted by atomic mass is 9.52. The van der Waals surface area contributed by atoms with Crippen molar-refractivity contribution < 1.29 is 28.0 Å². The number of benzene rings is 2. The van der Waals surface area contributed by atoms with E-state index in [0.717, 1.165) is 36.8 Å². The van der Waals surface area contributed by atoms with Crippen molar-refractivity contribution in [3.63, 3.8) is 0 Å². The molecular formula is C40H60N2O4+2. The minimum absolute atomic E-state index is 0.184. The highest BCUT2D eigenvalue weighted by Gasteiger charge is 2.59. The van der Waals surface area contributed by atoms with Gasteiger partial charge in [0.05, 0.1) is 78.4 Å². The molecule has 0 bridgehead atoms. The monoisotopic (exact) mass is 632 g/mol. The van der Waals surface area contributed by atoms with Crippen molar-refractivity contribution in [1.82, 2.24) is 0 Å². The molecule has 2 aromatic carbocycles. The highest BCUT2D eigenvalue weighted by Crippen LogP contribution is 2.58. The summed E-state index contributed by atoms with van der Waals surface area (Å²) in [6, 6.07) is 20.1. The Morgan fingerprint density at radius 3 is 1.28 bits per heavy atom. The summed E-state index contributed by atoms with van der Waals surface area (Å²) in [5, 5.41) is 0. The maximum atomic E-state index is 13.8. The zero-order valence-corrected chi connectivity index (χ0v) is 28.8. The van der Waals surface area contributed by atoms with Gasteiger partial charge in [0.15, 0.2) is 0 Å². The van der Waals surface area contributed by atoms with Crippen LogP contribution >= 0.6 is 0 Å². The van der Waals surface area contributed by atoms with E-state index in [1.807, 2.05) is 60.7 Å². The van der Waals surface area contributed by atoms with E-state index in [1.165, 1.54) is 99.6 Å². The Hall–Kier alpha value is -2.70. The fourth-order valence-corrected chi connectivity index (χ4v) is 8.60. The maximum absolute atomic E-state index is 13.8. The molecule has 0 unspecified atom stereocenters. The average molecular weight is 633 g/mol. The summed E-state index contributed by atoms with van der Waals surface area (Å²) in [5.41, 5.74) is 2.02. The van der Waals surface area contributed by atoms with Gasteiger partial charge in [-0.3, -0.25) is 9.59 Å². The molecule has 3 aliphatic rings. The first-order chi connectivity index (χ1) is 22.4. The number of piperidine rings is 2. The molecular weight excluding hydrogens is 572 g/mol. The number of carbonyl (C=O) groups excluding carboxylic acids is 2. The second kappa shape index (κ2) is 16.9. The van der Waals surface area contributed by atoms with E-state index >= 15 is 0 Å². The van der Waals surface area contributed by atoms with Crippen molar-refractivity contribution in [3.8, 4) is 0 Å². The minimum Gasteiger partial charge on any atom is -0.465 e. The quantitative estimate of drug-likeness (QED) is 0.109. The first kappa shape index (κ1) is 34.6. The Morgan fingerprint density at radius 2 is 0.913 bits per heavy atom. The van der Waals surface area contributed by atoms with Gasteiger partial charge >= 0.3 is 11.9 Å². The van der Waals surface area contributed by atoms with Gasteiger partial charge in [0.1, 0.15) is 0 Å². The Kier molecular flexibility index (Phi) is 12.7. The predicted octanol–water partition coefficient (Wildman–Crippen LogP) is 7.49. The zero-order chi connectivity index (χ0) is 32.2. The zero-order valence-electron chi connectivity index (χ0n) is 28.8. The number of rotatable bonds is 16. The normalized spacial score (nSPS) is 25.3. The molecule has 1 aliphatic carbocycles. The van der Waals surface area contributed by atoms with Gasteiger partial charge in [-0.15, -0.1) is 0 Å². The minimum atomic E-state index is -0.408. The molecule has 1 saturated carbocycles. The molecule has 0 radical (unpaired) electrons. The van der Waals surface area contributed by atoms with E-state index < -0.39 is 11.8 Å². The third-order valence-corrected chi connectivity index (χ3v) is 11.4. The van der Waals surface area contributed by atoms with E-state index in [4.69, 9.17) is 9.47 Å². The fraction of sp³-hybridized carbons (Fsp3) is 0.650. The van der Waals surface area contributed by atoms with Gasteiger partial charge in [0, 0.05) is 11.8 Å². The Balaban J connectivity index is 1.17. The summed E-state index contributed by atoms with van der Waals surface area (Å²) in [6.07, 6.45) is 14.4. The van der Waals surface area contributed by atoms with Crippen molar-refractivity contribution in [2.45, 2.75) is 88.9 Å². The van der Waals surface area contributed by atoms with Gasteiger partial charge in [0.2, 0.25) is 0 Å². The van der Waals surface area contributed by atoms with E-state index in [-0.39, 0.29) is 23.8 Å². The molecule has 3 fully saturated rings. The lowest BCUT2D eigenvalue weighted by Gasteiger charge is -2.49. The summed E-state index contributed by atoms with van der Waals surface area (Å²) in [4.78, 5) is 27.6. The molecule has 252 valence electrons. The molecule has 0 aromatic heterocycles. The van der Waals surface area contributed by atoms with Crippen molar-refractivity contribution >= 4 is 11.9 Å². The van der Waals surface area contributed by atoms with Crippen LogP contribution < -0.4 is 0 Å². The molecule has 6 nitrogen and oxygen atoms in total. The molecule has 5 rings (SSSR count). The number of hydrogen-bond donors (Lipinski definition) is 0. The summed E-state index contributed by atoms with van der Waals surface area (Å²) in [7, 11) is 4.78. The van der Waals surface area contributed by atoms with E-state index in [0.29, 0.717) is 13.2 Å². The standard InChI is InChI=1S/C40H60N2O4/c1-41(25-13-5-14-26-41)29-17-7-19-31-45-39(43)37-35(33-21-9-3-10-22-33)38(36(37)34-23-11-4-12-24-34)40(44)46-32-20-8-18-30-42(2)27-15-6-16-28-42/h3-4,9-12,21-24,35-38H,5-8,13-20,25-32H2,1-2H3/q+2. The van der Waals surface area contributed by atoms with Crippen LogP contribution in [0, 0.1) is 11.8 Å². The van der Waals surface area contributed by atoms with Crippen LogP contribution in [-0.2, 0) is 19.1 Å². The van der Waals surface area contributed by atoms with Crippen LogP contribution in [-0.4, -0.2) is 87.5 Å². The van der Waals surface area contributed by atoms with E-state index in [9.17, 15) is 9.59 Å². The van der Waals surface area contributed by atoms with Gasteiger partial charge < -0.3 is 18.4 Å². The molecule has 6 heteroatoms. The second-order valence-corrected chi connectivity index (χ2v) is 15.1. The Labute approximate surface area is 278 Å². The lowest BCUT2D eigenvalue weighted by molar-refractivity contribution is -0.914. The molecule has 0 N–H and O–H groups in total. The topological polar surface area (TPSA) is 52.6 Å². The summed E-state index contributed by atoms with van der Waals surface area (Å²) in [5.74, 6) is -1.69. The Bertz CT molecular complexity index is 1100. The smallest absolute Gasteiger partial charge is 0.310 e. The van der Waals surface area contributed by atoms with Crippen molar-refractivity contribution in [3.05, 3.63) is 71.8 Å². The van der Waals surface area contributed by atoms with Gasteiger partial charge in [-0.05, 0) is 88.2 Å². The molecule has 0 amide bonds. The predicted molar refractivity (Wildman–Crippen MR) is 184 cm³/mol. The SMILES string of the molecule is C[N+]1(CCCCCOC(=O)C2C(c3ccccc3)C(C(=O)OCCCCC[N+]3(C)CCCCC3)C2c2ccccc2)CCCCC1. The molecule has 2 heterocycles. The Morgan fingerprint density at radius 1 is 0.543 bits per heavy atom. The van der Waals surface area contributed by atoms with Crippen LogP contribution in [0.3, 0.4) is 0 Å². The first-order valence-corrected chi connectivity index (χ1v) is 18.5. The van der Waals surface area contributed by atoms with Crippen molar-refractivity contribution in [2.24, 2.45) is 11.8 Å². The van der Waals surface area contributed by atoms with Gasteiger partial charge in [-0.2, -0.15) is 0 Å². The third-order valence-electron chi connectivity index (χ3n) is 11.4. The molecule has 2 saturated heterocycles. The fourth-order valence-electron chi connectivity index (χ4n) is 8.60. The number of likely N-dealkylation sites (tertiary alicyclic amines) is 2. The number of unbranched alkanes of at least 4 members (excludes halogenated alkanes) is 4. The van der Waals surface area contributed by atoms with Crippen LogP contribution in [0.2, 0.25) is 0 Å². The average Bonchev–Trinajstić information content (AvgIpc) is 3.05. The van der Waals surface area contributed by atoms with Crippen LogP contribution in [0.1, 0.15) is 100 Å². The summed E-state index contributed by atoms with van der Waals surface area (Å²) in [6.45, 7) is 8.48. The number of esters is 2. The van der Waals surface area contributed by atoms with Gasteiger partial charge in [0.25, 0.3) is 0 Å². The molecule has 2 aromatic rings. The molecule has 0 spiro atoms. The largest absolute Gasteiger partial charge is 0.465 e. The van der Waals surface area contributed by atoms with Gasteiger partial charge in [-0.1, -0.05) is 60.7 Å². The van der Waals surface area contributed by atoms with Crippen LogP contribution in [0.4, 0.5) is 0 Å². The third kappa shape index (κ3) is 9.22. The number of ether oxygens (including phenoxy) is 2. The van der Waals surface area contributed by atoms with Gasteiger partial charge in [-0.25, -0.2) is 0 Å². The number of hydrogen-bond acceptors (Lipinski definition) is 4. The number of quaternary nitrogens is 2. The highest BCUT2D eigenvalue weighted by molar-refractivity contribution is 5.85. The van der Waals surface area contributed by atoms with E-state index in [1.54, 1.807) is 0 Å². The van der Waals surface area contributed by atoms with Crippen molar-refractivity contribution in [2.75, 3.05) is 66.6 Å². The van der Waals surface area contributed by atoms with Crippen LogP contribution in [0.15, 0.2) is 60.7 Å². The second-order valence-electron chi connectivity index (χ2n) is 15.1. The molecule has 2 aliphatic heterocycles. The summed E-state index contributed by atoms with van der Waals surface area (Å²) >= 11 is 0. The lowest BCUT2D eigenvalue weighted by Crippen LogP contribution is -2.52. The summed E-state index contributed by atoms with van der Waals surface area (Å²) < 4.78 is 14.3. The van der Waals surface area contributed by atoms with Crippen molar-refractivity contribution in [1.29, 1.82) is 0 Å². The first-order valence-electron chi connectivity index (χ1n) is 18.5. The number of carbonyl (C=O) groups is 2. The molecule has 46 heavy (non-hydrogen) atoms. The van der Waals surface area contributed by atoms with Crippen LogP contribution in [0.25, 0.3) is 0 Å². The highest BCUT2D eigenvalue weighted by atomic mass is 16.5.